The predicted molar refractivity (Wildman–Crippen MR) is 145 cm³/mol. The highest BCUT2D eigenvalue weighted by atomic mass is 35.5. The first kappa shape index (κ1) is 27.6. The topological polar surface area (TPSA) is 96.1 Å². The molecule has 5 rings (SSSR count). The van der Waals surface area contributed by atoms with Crippen LogP contribution in [0.15, 0.2) is 78.9 Å². The van der Waals surface area contributed by atoms with E-state index in [1.165, 1.54) is 31.4 Å². The van der Waals surface area contributed by atoms with Crippen molar-refractivity contribution in [2.24, 2.45) is 0 Å². The molecule has 0 spiro atoms. The number of carbonyl (C=O) groups excluding carboxylic acids is 2. The molecule has 0 saturated carbocycles. The van der Waals surface area contributed by atoms with Crippen LogP contribution in [0.5, 0.6) is 0 Å². The fourth-order valence-electron chi connectivity index (χ4n) is 4.27. The van der Waals surface area contributed by atoms with E-state index in [0.717, 1.165) is 22.9 Å². The summed E-state index contributed by atoms with van der Waals surface area (Å²) in [5.41, 5.74) is -0.0560. The smallest absolute Gasteiger partial charge is 0.377 e. The second-order valence-corrected chi connectivity index (χ2v) is 8.51. The number of rotatable bonds is 6. The van der Waals surface area contributed by atoms with Gasteiger partial charge in [0.2, 0.25) is 0 Å². The van der Waals surface area contributed by atoms with Gasteiger partial charge in [-0.15, -0.1) is 12.4 Å². The second kappa shape index (κ2) is 11.1. The van der Waals surface area contributed by atoms with Crippen LogP contribution in [0.3, 0.4) is 0 Å². The quantitative estimate of drug-likeness (QED) is 0.215. The van der Waals surface area contributed by atoms with Crippen LogP contribution in [0.25, 0.3) is 21.8 Å². The molecule has 7 nitrogen and oxygen atoms in total. The molecule has 3 N–H and O–H groups in total. The Morgan fingerprint density at radius 1 is 0.897 bits per heavy atom. The van der Waals surface area contributed by atoms with E-state index in [2.05, 4.69) is 20.6 Å². The molecule has 4 aromatic carbocycles. The summed E-state index contributed by atoms with van der Waals surface area (Å²) in [6, 6.07) is 20.4. The third-order valence-corrected chi connectivity index (χ3v) is 5.93. The Morgan fingerprint density at radius 2 is 1.59 bits per heavy atom. The van der Waals surface area contributed by atoms with Gasteiger partial charge in [-0.25, -0.2) is 4.98 Å². The molecule has 0 aliphatic carbocycles. The van der Waals surface area contributed by atoms with Crippen LogP contribution in [-0.2, 0) is 17.5 Å². The van der Waals surface area contributed by atoms with Crippen LogP contribution >= 0.6 is 12.4 Å². The summed E-state index contributed by atoms with van der Waals surface area (Å²) in [5.74, 6) is -1.03. The zero-order valence-electron chi connectivity index (χ0n) is 20.4. The van der Waals surface area contributed by atoms with Crippen molar-refractivity contribution in [3.63, 3.8) is 0 Å². The number of anilines is 2. The van der Waals surface area contributed by atoms with Crippen LogP contribution in [0.2, 0.25) is 0 Å². The predicted octanol–water partition coefficient (Wildman–Crippen LogP) is 6.81. The number of halogens is 4. The lowest BCUT2D eigenvalue weighted by atomic mass is 10.1. The molecule has 2 amide bonds. The molecule has 0 aliphatic heterocycles. The Morgan fingerprint density at radius 3 is 2.36 bits per heavy atom. The van der Waals surface area contributed by atoms with E-state index in [1.807, 2.05) is 36.4 Å². The van der Waals surface area contributed by atoms with E-state index in [9.17, 15) is 22.8 Å². The number of hydrogen-bond acceptors (Lipinski definition) is 4. The highest BCUT2D eigenvalue weighted by Gasteiger charge is 2.35. The number of H-pyrrole nitrogens is 1. The molecule has 11 heteroatoms. The first-order chi connectivity index (χ1) is 18.2. The molecular formula is C28H22ClF3N4O3. The van der Waals surface area contributed by atoms with E-state index < -0.39 is 29.1 Å². The lowest BCUT2D eigenvalue weighted by Gasteiger charge is -2.14. The van der Waals surface area contributed by atoms with Gasteiger partial charge in [0.1, 0.15) is 17.9 Å². The number of methoxy groups -OCH3 is 1. The molecule has 0 radical (unpaired) electrons. The summed E-state index contributed by atoms with van der Waals surface area (Å²) in [6.07, 6.45) is -4.71. The summed E-state index contributed by atoms with van der Waals surface area (Å²) in [4.78, 5) is 33.8. The number of benzene rings is 4. The molecule has 200 valence electrons. The molecule has 0 unspecified atom stereocenters. The van der Waals surface area contributed by atoms with Crippen molar-refractivity contribution in [2.75, 3.05) is 17.7 Å². The third-order valence-electron chi connectivity index (χ3n) is 5.93. The van der Waals surface area contributed by atoms with E-state index in [0.29, 0.717) is 22.5 Å². The lowest BCUT2D eigenvalue weighted by Crippen LogP contribution is -2.19. The Hall–Kier alpha value is -4.41. The van der Waals surface area contributed by atoms with Crippen molar-refractivity contribution in [2.45, 2.75) is 12.8 Å². The number of hydrogen-bond donors (Lipinski definition) is 3. The van der Waals surface area contributed by atoms with Crippen molar-refractivity contribution < 1.29 is 27.5 Å². The van der Waals surface area contributed by atoms with Crippen LogP contribution < -0.4 is 10.6 Å². The number of carbonyl (C=O) groups is 2. The van der Waals surface area contributed by atoms with Crippen LogP contribution in [-0.4, -0.2) is 28.9 Å². The zero-order chi connectivity index (χ0) is 26.9. The molecule has 0 saturated heterocycles. The van der Waals surface area contributed by atoms with Crippen LogP contribution in [0, 0.1) is 0 Å². The van der Waals surface area contributed by atoms with Gasteiger partial charge < -0.3 is 20.4 Å². The maximum absolute atomic E-state index is 13.5. The number of alkyl halides is 3. The van der Waals surface area contributed by atoms with Crippen LogP contribution in [0.1, 0.15) is 32.1 Å². The highest BCUT2D eigenvalue weighted by molar-refractivity contribution is 6.16. The molecule has 1 aromatic heterocycles. The number of imidazole rings is 1. The van der Waals surface area contributed by atoms with Gasteiger partial charge in [0, 0.05) is 23.9 Å². The Bertz CT molecular complexity index is 1680. The van der Waals surface area contributed by atoms with Crippen molar-refractivity contribution in [1.29, 1.82) is 0 Å². The number of fused-ring (bicyclic) bond motifs is 2. The maximum atomic E-state index is 13.5. The molecule has 0 bridgehead atoms. The first-order valence-corrected chi connectivity index (χ1v) is 11.5. The van der Waals surface area contributed by atoms with E-state index in [1.54, 1.807) is 6.07 Å². The van der Waals surface area contributed by atoms with Gasteiger partial charge in [-0.2, -0.15) is 13.2 Å². The van der Waals surface area contributed by atoms with E-state index in [-0.39, 0.29) is 30.3 Å². The number of aromatic amines is 1. The number of amides is 2. The van der Waals surface area contributed by atoms with Crippen LogP contribution in [0.4, 0.5) is 24.5 Å². The highest BCUT2D eigenvalue weighted by Crippen LogP contribution is 2.33. The van der Waals surface area contributed by atoms with Gasteiger partial charge in [0.25, 0.3) is 11.8 Å². The normalized spacial score (nSPS) is 11.3. The van der Waals surface area contributed by atoms with Crippen molar-refractivity contribution in [1.82, 2.24) is 9.97 Å². The monoisotopic (exact) mass is 554 g/mol. The Balaban J connectivity index is 0.00000353. The minimum Gasteiger partial charge on any atom is -0.377 e. The molecule has 1 heterocycles. The molecule has 0 fully saturated rings. The Kier molecular flexibility index (Phi) is 7.89. The van der Waals surface area contributed by atoms with Gasteiger partial charge in [-0.05, 0) is 35.7 Å². The molecule has 0 aliphatic rings. The van der Waals surface area contributed by atoms with Gasteiger partial charge in [0.15, 0.2) is 0 Å². The summed E-state index contributed by atoms with van der Waals surface area (Å²) in [7, 11) is 1.49. The fourth-order valence-corrected chi connectivity index (χ4v) is 4.27. The lowest BCUT2D eigenvalue weighted by molar-refractivity contribution is -0.137. The van der Waals surface area contributed by atoms with Crippen molar-refractivity contribution in [3.05, 3.63) is 101 Å². The fraction of sp³-hybridized carbons (Fsp3) is 0.107. The van der Waals surface area contributed by atoms with Gasteiger partial charge in [-0.3, -0.25) is 9.59 Å². The van der Waals surface area contributed by atoms with Gasteiger partial charge >= 0.3 is 6.18 Å². The Labute approximate surface area is 226 Å². The van der Waals surface area contributed by atoms with E-state index in [4.69, 9.17) is 4.74 Å². The summed E-state index contributed by atoms with van der Waals surface area (Å²) >= 11 is 0. The average Bonchev–Trinajstić information content (AvgIpc) is 3.30. The molecular weight excluding hydrogens is 533 g/mol. The van der Waals surface area contributed by atoms with E-state index >= 15 is 0 Å². The second-order valence-electron chi connectivity index (χ2n) is 8.51. The number of nitrogens with one attached hydrogen (secondary N) is 3. The van der Waals surface area contributed by atoms with Gasteiger partial charge in [-0.1, -0.05) is 48.5 Å². The standard InChI is InChI=1S/C28H21F3N4O3.ClH/c1-38-15-24-33-23-14-17(32-26(36)19-10-4-5-11-21(19)28(29,30)31)13-20(25(23)35-24)27(37)34-22-12-6-8-16-7-2-3-9-18(16)22;/h2-14H,15H2,1H3,(H,32,36)(H,33,35)(H,34,37);1H. The molecule has 5 aromatic rings. The largest absolute Gasteiger partial charge is 0.417 e. The maximum Gasteiger partial charge on any atom is 0.417 e. The minimum atomic E-state index is -4.71. The molecule has 39 heavy (non-hydrogen) atoms. The van der Waals surface area contributed by atoms with Gasteiger partial charge in [0.05, 0.1) is 22.2 Å². The number of nitrogens with zero attached hydrogens (tertiary/aromatic N) is 1. The number of aromatic nitrogens is 2. The zero-order valence-corrected chi connectivity index (χ0v) is 21.2. The van der Waals surface area contributed by atoms with Crippen molar-refractivity contribution in [3.8, 4) is 0 Å². The van der Waals surface area contributed by atoms with Crippen molar-refractivity contribution >= 4 is 57.4 Å². The summed E-state index contributed by atoms with van der Waals surface area (Å²) in [5, 5.41) is 7.15. The summed E-state index contributed by atoms with van der Waals surface area (Å²) < 4.78 is 45.5. The SMILES string of the molecule is COCc1nc2c(C(=O)Nc3cccc4ccccc34)cc(NC(=O)c3ccccc3C(F)(F)F)cc2[nH]1.Cl. The summed E-state index contributed by atoms with van der Waals surface area (Å²) in [6.45, 7) is 0.139. The average molecular weight is 555 g/mol. The first-order valence-electron chi connectivity index (χ1n) is 11.5. The third kappa shape index (κ3) is 5.71. The number of ether oxygens (including phenoxy) is 1. The molecule has 0 atom stereocenters. The minimum absolute atomic E-state index is 0.